The van der Waals surface area contributed by atoms with Crippen LogP contribution in [0.5, 0.6) is 0 Å². The molecular formula is C10H21NO. The number of hydrogen-bond acceptors (Lipinski definition) is 1. The highest BCUT2D eigenvalue weighted by Gasteiger charge is 2.19. The topological polar surface area (TPSA) is 20.3 Å². The van der Waals surface area contributed by atoms with Crippen LogP contribution in [0.2, 0.25) is 0 Å². The Morgan fingerprint density at radius 3 is 1.67 bits per heavy atom. The highest BCUT2D eigenvalue weighted by molar-refractivity contribution is 5.73. The molecule has 0 unspecified atom stereocenters. The Kier molecular flexibility index (Phi) is 4.95. The van der Waals surface area contributed by atoms with Crippen LogP contribution in [0.1, 0.15) is 47.5 Å². The van der Waals surface area contributed by atoms with Crippen molar-refractivity contribution in [3.8, 4) is 0 Å². The van der Waals surface area contributed by atoms with Crippen molar-refractivity contribution in [2.45, 2.75) is 59.5 Å². The summed E-state index contributed by atoms with van der Waals surface area (Å²) < 4.78 is 0. The zero-order chi connectivity index (χ0) is 9.72. The van der Waals surface area contributed by atoms with Gasteiger partial charge in [-0.2, -0.15) is 0 Å². The van der Waals surface area contributed by atoms with Crippen molar-refractivity contribution in [1.29, 1.82) is 0 Å². The number of hydrogen-bond donors (Lipinski definition) is 0. The van der Waals surface area contributed by atoms with Crippen molar-refractivity contribution in [2.75, 3.05) is 0 Å². The molecule has 0 aliphatic rings. The summed E-state index contributed by atoms with van der Waals surface area (Å²) in [6.07, 6.45) is 2.06. The van der Waals surface area contributed by atoms with Gasteiger partial charge < -0.3 is 4.90 Å². The van der Waals surface area contributed by atoms with Gasteiger partial charge in [-0.3, -0.25) is 4.79 Å². The summed E-state index contributed by atoms with van der Waals surface area (Å²) in [6, 6.07) is 0.745. The van der Waals surface area contributed by atoms with E-state index in [4.69, 9.17) is 0 Å². The molecule has 0 N–H and O–H groups in total. The van der Waals surface area contributed by atoms with Gasteiger partial charge >= 0.3 is 0 Å². The Hall–Kier alpha value is -0.530. The van der Waals surface area contributed by atoms with Crippen molar-refractivity contribution in [2.24, 2.45) is 0 Å². The van der Waals surface area contributed by atoms with E-state index in [1.165, 1.54) is 0 Å². The SMILES string of the molecule is CC[C@@H](C)N(C(C)=O)[C@@H](C)CC. The molecule has 1 amide bonds. The smallest absolute Gasteiger partial charge is 0.219 e. The molecule has 0 radical (unpaired) electrons. The lowest BCUT2D eigenvalue weighted by molar-refractivity contribution is -0.133. The Morgan fingerprint density at radius 1 is 1.17 bits per heavy atom. The standard InChI is InChI=1S/C10H21NO/c1-6-8(3)11(10(5)12)9(4)7-2/h8-9H,6-7H2,1-5H3/t8-,9+. The monoisotopic (exact) mass is 171 g/mol. The third-order valence-electron chi connectivity index (χ3n) is 2.49. The van der Waals surface area contributed by atoms with Gasteiger partial charge in [-0.25, -0.2) is 0 Å². The summed E-state index contributed by atoms with van der Waals surface area (Å²) in [4.78, 5) is 13.2. The van der Waals surface area contributed by atoms with Crippen LogP contribution in [-0.2, 0) is 4.79 Å². The summed E-state index contributed by atoms with van der Waals surface area (Å²) >= 11 is 0. The van der Waals surface area contributed by atoms with Crippen LogP contribution < -0.4 is 0 Å². The van der Waals surface area contributed by atoms with Crippen LogP contribution in [0.4, 0.5) is 0 Å². The number of amides is 1. The number of nitrogens with zero attached hydrogens (tertiary/aromatic N) is 1. The van der Waals surface area contributed by atoms with Gasteiger partial charge in [-0.05, 0) is 26.7 Å². The van der Waals surface area contributed by atoms with Gasteiger partial charge in [0, 0.05) is 19.0 Å². The Labute approximate surface area is 75.9 Å². The third kappa shape index (κ3) is 2.84. The first-order valence-corrected chi connectivity index (χ1v) is 4.83. The number of carbonyl (C=O) groups is 1. The zero-order valence-electron chi connectivity index (χ0n) is 8.92. The summed E-state index contributed by atoms with van der Waals surface area (Å²) in [5, 5.41) is 0. The van der Waals surface area contributed by atoms with E-state index in [0.29, 0.717) is 12.1 Å². The van der Waals surface area contributed by atoms with E-state index in [2.05, 4.69) is 27.7 Å². The average Bonchev–Trinajstić information content (AvgIpc) is 2.03. The second kappa shape index (κ2) is 5.18. The first-order valence-electron chi connectivity index (χ1n) is 4.83. The maximum atomic E-state index is 11.3. The number of carbonyl (C=O) groups excluding carboxylic acids is 1. The number of rotatable bonds is 4. The molecule has 0 bridgehead atoms. The van der Waals surface area contributed by atoms with Gasteiger partial charge in [0.2, 0.25) is 5.91 Å². The molecule has 0 aromatic rings. The fourth-order valence-electron chi connectivity index (χ4n) is 1.45. The van der Waals surface area contributed by atoms with E-state index < -0.39 is 0 Å². The fourth-order valence-corrected chi connectivity index (χ4v) is 1.45. The summed E-state index contributed by atoms with van der Waals surface area (Å²) in [6.45, 7) is 10.1. The quantitative estimate of drug-likeness (QED) is 0.636. The molecule has 0 spiro atoms. The predicted molar refractivity (Wildman–Crippen MR) is 52.0 cm³/mol. The zero-order valence-corrected chi connectivity index (χ0v) is 8.92. The van der Waals surface area contributed by atoms with Crippen LogP contribution in [0.3, 0.4) is 0 Å². The van der Waals surface area contributed by atoms with Gasteiger partial charge in [-0.1, -0.05) is 13.8 Å². The van der Waals surface area contributed by atoms with Crippen LogP contribution >= 0.6 is 0 Å². The molecule has 0 aromatic heterocycles. The second-order valence-electron chi connectivity index (χ2n) is 3.44. The minimum atomic E-state index is 0.193. The molecule has 0 aliphatic heterocycles. The molecule has 12 heavy (non-hydrogen) atoms. The van der Waals surface area contributed by atoms with Crippen LogP contribution in [-0.4, -0.2) is 22.9 Å². The minimum absolute atomic E-state index is 0.193. The normalized spacial score (nSPS) is 15.4. The van der Waals surface area contributed by atoms with Crippen molar-refractivity contribution >= 4 is 5.91 Å². The van der Waals surface area contributed by atoms with Crippen molar-refractivity contribution in [1.82, 2.24) is 4.90 Å². The summed E-state index contributed by atoms with van der Waals surface area (Å²) in [7, 11) is 0. The Balaban J connectivity index is 4.32. The fraction of sp³-hybridized carbons (Fsp3) is 0.900. The molecule has 0 saturated carbocycles. The lowest BCUT2D eigenvalue weighted by Gasteiger charge is -2.32. The largest absolute Gasteiger partial charge is 0.338 e. The van der Waals surface area contributed by atoms with E-state index >= 15 is 0 Å². The lowest BCUT2D eigenvalue weighted by atomic mass is 10.1. The molecule has 0 saturated heterocycles. The van der Waals surface area contributed by atoms with Crippen molar-refractivity contribution in [3.05, 3.63) is 0 Å². The van der Waals surface area contributed by atoms with Crippen molar-refractivity contribution in [3.63, 3.8) is 0 Å². The van der Waals surface area contributed by atoms with E-state index in [1.54, 1.807) is 6.92 Å². The Bertz CT molecular complexity index is 135. The van der Waals surface area contributed by atoms with Crippen molar-refractivity contribution < 1.29 is 4.79 Å². The summed E-state index contributed by atoms with van der Waals surface area (Å²) in [5.74, 6) is 0.193. The van der Waals surface area contributed by atoms with Crippen LogP contribution in [0.15, 0.2) is 0 Å². The van der Waals surface area contributed by atoms with E-state index in [1.807, 2.05) is 4.90 Å². The molecule has 0 fully saturated rings. The van der Waals surface area contributed by atoms with E-state index in [0.717, 1.165) is 12.8 Å². The van der Waals surface area contributed by atoms with Crippen LogP contribution in [0.25, 0.3) is 0 Å². The first-order chi connectivity index (χ1) is 5.54. The van der Waals surface area contributed by atoms with Gasteiger partial charge in [0.1, 0.15) is 0 Å². The Morgan fingerprint density at radius 2 is 1.50 bits per heavy atom. The summed E-state index contributed by atoms with van der Waals surface area (Å²) in [5.41, 5.74) is 0. The molecule has 2 nitrogen and oxygen atoms in total. The first kappa shape index (κ1) is 11.5. The highest BCUT2D eigenvalue weighted by Crippen LogP contribution is 2.11. The van der Waals surface area contributed by atoms with Gasteiger partial charge in [-0.15, -0.1) is 0 Å². The molecule has 0 aliphatic carbocycles. The average molecular weight is 171 g/mol. The molecule has 0 aromatic carbocycles. The van der Waals surface area contributed by atoms with E-state index in [9.17, 15) is 4.79 Å². The minimum Gasteiger partial charge on any atom is -0.338 e. The lowest BCUT2D eigenvalue weighted by Crippen LogP contribution is -2.42. The van der Waals surface area contributed by atoms with Crippen LogP contribution in [0, 0.1) is 0 Å². The van der Waals surface area contributed by atoms with E-state index in [-0.39, 0.29) is 5.91 Å². The highest BCUT2D eigenvalue weighted by atomic mass is 16.2. The molecule has 2 heteroatoms. The molecule has 72 valence electrons. The van der Waals surface area contributed by atoms with Gasteiger partial charge in [0.25, 0.3) is 0 Å². The second-order valence-corrected chi connectivity index (χ2v) is 3.44. The molecule has 2 atom stereocenters. The van der Waals surface area contributed by atoms with Gasteiger partial charge in [0.15, 0.2) is 0 Å². The maximum Gasteiger partial charge on any atom is 0.219 e. The molecule has 0 heterocycles. The molecular weight excluding hydrogens is 150 g/mol. The third-order valence-corrected chi connectivity index (χ3v) is 2.49. The predicted octanol–water partition coefficient (Wildman–Crippen LogP) is 2.43. The maximum absolute atomic E-state index is 11.3. The van der Waals surface area contributed by atoms with Gasteiger partial charge in [0.05, 0.1) is 0 Å². The molecule has 0 rings (SSSR count).